The predicted octanol–water partition coefficient (Wildman–Crippen LogP) is 3.59. The summed E-state index contributed by atoms with van der Waals surface area (Å²) < 4.78 is 13.0. The number of fused-ring (bicyclic) bond motifs is 1. The third-order valence-electron chi connectivity index (χ3n) is 6.13. The molecule has 8 heteroatoms. The minimum atomic E-state index is -0.407. The number of para-hydroxylation sites is 1. The molecule has 2 aromatic carbocycles. The minimum Gasteiger partial charge on any atom is -0.496 e. The Hall–Kier alpha value is -3.62. The van der Waals surface area contributed by atoms with Crippen LogP contribution in [0, 0.1) is 0 Å². The van der Waals surface area contributed by atoms with Crippen LogP contribution in [0.3, 0.4) is 0 Å². The van der Waals surface area contributed by atoms with Gasteiger partial charge in [0.2, 0.25) is 5.95 Å². The number of piperidine rings is 1. The second-order valence-corrected chi connectivity index (χ2v) is 8.09. The van der Waals surface area contributed by atoms with E-state index in [9.17, 15) is 5.11 Å². The zero-order chi connectivity index (χ0) is 22.8. The zero-order valence-corrected chi connectivity index (χ0v) is 18.7. The molecule has 0 amide bonds. The van der Waals surface area contributed by atoms with Gasteiger partial charge >= 0.3 is 0 Å². The molecule has 0 spiro atoms. The first-order valence-electron chi connectivity index (χ1n) is 11.0. The number of nitrogens with one attached hydrogen (secondary N) is 2. The van der Waals surface area contributed by atoms with Crippen molar-refractivity contribution in [2.75, 3.05) is 32.6 Å². The monoisotopic (exact) mass is 445 g/mol. The van der Waals surface area contributed by atoms with Gasteiger partial charge < -0.3 is 25.2 Å². The average Bonchev–Trinajstić information content (AvgIpc) is 3.27. The van der Waals surface area contributed by atoms with Crippen LogP contribution in [0.1, 0.15) is 17.9 Å². The van der Waals surface area contributed by atoms with Crippen LogP contribution in [0.2, 0.25) is 0 Å². The maximum Gasteiger partial charge on any atom is 0.245 e. The number of rotatable bonds is 6. The average molecular weight is 446 g/mol. The highest BCUT2D eigenvalue weighted by atomic mass is 16.5. The van der Waals surface area contributed by atoms with Crippen LogP contribution in [-0.4, -0.2) is 53.1 Å². The molecule has 0 bridgehead atoms. The molecule has 33 heavy (non-hydrogen) atoms. The van der Waals surface area contributed by atoms with Crippen LogP contribution in [0.25, 0.3) is 16.8 Å². The van der Waals surface area contributed by atoms with Crippen molar-refractivity contribution in [1.29, 1.82) is 0 Å². The van der Waals surface area contributed by atoms with E-state index >= 15 is 0 Å². The molecular formula is C25H27N5O3. The number of hydrogen-bond acceptors (Lipinski definition) is 7. The van der Waals surface area contributed by atoms with Crippen LogP contribution >= 0.6 is 0 Å². The Bertz CT molecular complexity index is 1270. The van der Waals surface area contributed by atoms with E-state index in [-0.39, 0.29) is 5.92 Å². The molecule has 0 aliphatic carbocycles. The van der Waals surface area contributed by atoms with Gasteiger partial charge in [0.1, 0.15) is 11.5 Å². The fourth-order valence-electron chi connectivity index (χ4n) is 4.41. The van der Waals surface area contributed by atoms with Crippen molar-refractivity contribution in [1.82, 2.24) is 19.9 Å². The van der Waals surface area contributed by atoms with E-state index in [4.69, 9.17) is 14.6 Å². The maximum absolute atomic E-state index is 10.4. The van der Waals surface area contributed by atoms with Crippen LogP contribution in [0.4, 0.5) is 11.6 Å². The lowest BCUT2D eigenvalue weighted by atomic mass is 9.87. The van der Waals surface area contributed by atoms with Crippen molar-refractivity contribution in [2.45, 2.75) is 18.4 Å². The van der Waals surface area contributed by atoms with Gasteiger partial charge in [0.05, 0.1) is 43.4 Å². The largest absolute Gasteiger partial charge is 0.496 e. The summed E-state index contributed by atoms with van der Waals surface area (Å²) in [7, 11) is 3.30. The number of β-amino-alcohol motifs (C(OH)–C–C–N with tert-alkyl or cyclic N) is 1. The number of aromatic nitrogens is 3. The summed E-state index contributed by atoms with van der Waals surface area (Å²) >= 11 is 0. The van der Waals surface area contributed by atoms with Gasteiger partial charge in [0.25, 0.3) is 0 Å². The number of methoxy groups -OCH3 is 2. The Labute approximate surface area is 192 Å². The van der Waals surface area contributed by atoms with Crippen molar-refractivity contribution in [3.8, 4) is 22.8 Å². The Kier molecular flexibility index (Phi) is 5.85. The van der Waals surface area contributed by atoms with Gasteiger partial charge in [0, 0.05) is 18.0 Å². The first-order valence-corrected chi connectivity index (χ1v) is 11.0. The number of nitrogens with zero attached hydrogens (tertiary/aromatic N) is 3. The van der Waals surface area contributed by atoms with Crippen LogP contribution < -0.4 is 20.1 Å². The summed E-state index contributed by atoms with van der Waals surface area (Å²) in [4.78, 5) is 4.47. The predicted molar refractivity (Wildman–Crippen MR) is 127 cm³/mol. The maximum atomic E-state index is 10.4. The van der Waals surface area contributed by atoms with Gasteiger partial charge in [-0.1, -0.05) is 18.2 Å². The van der Waals surface area contributed by atoms with Gasteiger partial charge in [-0.2, -0.15) is 0 Å². The fourth-order valence-corrected chi connectivity index (χ4v) is 4.41. The third kappa shape index (κ3) is 4.10. The molecule has 1 aliphatic rings. The van der Waals surface area contributed by atoms with Crippen LogP contribution in [0.5, 0.6) is 11.5 Å². The summed E-state index contributed by atoms with van der Waals surface area (Å²) in [5, 5.41) is 21.6. The first kappa shape index (κ1) is 21.2. The van der Waals surface area contributed by atoms with Gasteiger partial charge in [-0.05, 0) is 54.9 Å². The molecule has 1 aliphatic heterocycles. The quantitative estimate of drug-likeness (QED) is 0.418. The highest BCUT2D eigenvalue weighted by Gasteiger charge is 2.25. The Morgan fingerprint density at radius 2 is 1.91 bits per heavy atom. The van der Waals surface area contributed by atoms with E-state index in [2.05, 4.69) is 15.6 Å². The van der Waals surface area contributed by atoms with Crippen LogP contribution in [0.15, 0.2) is 60.8 Å². The highest BCUT2D eigenvalue weighted by molar-refractivity contribution is 5.72. The van der Waals surface area contributed by atoms with Gasteiger partial charge in [-0.25, -0.2) is 9.50 Å². The molecule has 8 nitrogen and oxygen atoms in total. The lowest BCUT2D eigenvalue weighted by Crippen LogP contribution is -2.39. The normalized spacial score (nSPS) is 18.3. The molecule has 3 N–H and O–H groups in total. The molecule has 0 radical (unpaired) electrons. The number of aliphatic hydroxyl groups is 1. The van der Waals surface area contributed by atoms with E-state index in [1.54, 1.807) is 20.4 Å². The molecule has 2 atom stereocenters. The lowest BCUT2D eigenvalue weighted by Gasteiger charge is -2.29. The minimum absolute atomic E-state index is 0.0880. The summed E-state index contributed by atoms with van der Waals surface area (Å²) in [6, 6.07) is 17.8. The van der Waals surface area contributed by atoms with Gasteiger partial charge in [0.15, 0.2) is 0 Å². The van der Waals surface area contributed by atoms with Gasteiger partial charge in [-0.15, -0.1) is 5.10 Å². The molecule has 4 aromatic rings. The number of anilines is 2. The summed E-state index contributed by atoms with van der Waals surface area (Å²) in [6.45, 7) is 1.50. The highest BCUT2D eigenvalue weighted by Crippen LogP contribution is 2.34. The molecular weight excluding hydrogens is 418 g/mol. The summed E-state index contributed by atoms with van der Waals surface area (Å²) in [5.74, 6) is 2.00. The SMILES string of the molecule is COc1cc([C@@H]2CCNC[C@H]2O)ccc1Nc1ncc2ccc(-c3ccccc3OC)n2n1. The zero-order valence-electron chi connectivity index (χ0n) is 18.7. The molecule has 170 valence electrons. The third-order valence-corrected chi connectivity index (χ3v) is 6.13. The summed E-state index contributed by atoms with van der Waals surface area (Å²) in [6.07, 6.45) is 2.26. The summed E-state index contributed by atoms with van der Waals surface area (Å²) in [5.41, 5.74) is 4.56. The number of benzene rings is 2. The topological polar surface area (TPSA) is 92.9 Å². The number of aliphatic hydroxyl groups excluding tert-OH is 1. The molecule has 0 saturated carbocycles. The van der Waals surface area contributed by atoms with E-state index in [1.807, 2.05) is 59.1 Å². The van der Waals surface area contributed by atoms with Crippen molar-refractivity contribution in [2.24, 2.45) is 0 Å². The lowest BCUT2D eigenvalue weighted by molar-refractivity contribution is 0.118. The fraction of sp³-hybridized carbons (Fsp3) is 0.280. The second-order valence-electron chi connectivity index (χ2n) is 8.09. The van der Waals surface area contributed by atoms with Crippen molar-refractivity contribution in [3.05, 3.63) is 66.4 Å². The van der Waals surface area contributed by atoms with Crippen LogP contribution in [-0.2, 0) is 0 Å². The first-order chi connectivity index (χ1) is 16.2. The molecule has 3 heterocycles. The Morgan fingerprint density at radius 1 is 1.06 bits per heavy atom. The van der Waals surface area contributed by atoms with Gasteiger partial charge in [-0.3, -0.25) is 0 Å². The van der Waals surface area contributed by atoms with E-state index in [1.165, 1.54) is 0 Å². The molecule has 2 aromatic heterocycles. The van der Waals surface area contributed by atoms with E-state index in [0.29, 0.717) is 18.2 Å². The van der Waals surface area contributed by atoms with E-state index < -0.39 is 6.10 Å². The smallest absolute Gasteiger partial charge is 0.245 e. The Morgan fingerprint density at radius 3 is 2.73 bits per heavy atom. The molecule has 1 fully saturated rings. The second kappa shape index (κ2) is 9.09. The number of ether oxygens (including phenoxy) is 2. The Balaban J connectivity index is 1.47. The molecule has 5 rings (SSSR count). The standard InChI is InChI=1S/C25H27N5O3/c1-32-23-6-4-3-5-19(23)21-10-8-17-14-27-25(29-30(17)21)28-20-9-7-16(13-24(20)33-2)18-11-12-26-15-22(18)31/h3-10,13-14,18,22,26,31H,11-12,15H2,1-2H3,(H,28,29)/t18-,22+/m0/s1. The van der Waals surface area contributed by atoms with Crippen molar-refractivity contribution < 1.29 is 14.6 Å². The molecule has 0 unspecified atom stereocenters. The molecule has 1 saturated heterocycles. The van der Waals surface area contributed by atoms with Crippen molar-refractivity contribution in [3.63, 3.8) is 0 Å². The number of hydrogen-bond donors (Lipinski definition) is 3. The van der Waals surface area contributed by atoms with E-state index in [0.717, 1.165) is 46.7 Å². The van der Waals surface area contributed by atoms with Crippen molar-refractivity contribution >= 4 is 17.2 Å².